The Kier molecular flexibility index (Phi) is 6.14. The van der Waals surface area contributed by atoms with Gasteiger partial charge in [-0.2, -0.15) is 0 Å². The number of hydrogen-bond donors (Lipinski definition) is 1. The molecule has 0 radical (unpaired) electrons. The maximum absolute atomic E-state index is 13.0. The number of nitrogens with zero attached hydrogens (tertiary/aromatic N) is 2. The Morgan fingerprint density at radius 1 is 1.06 bits per heavy atom. The molecule has 0 aliphatic rings. The van der Waals surface area contributed by atoms with Crippen molar-refractivity contribution in [2.24, 2.45) is 0 Å². The Morgan fingerprint density at radius 3 is 2.66 bits per heavy atom. The Bertz CT molecular complexity index is 1360. The molecule has 0 atom stereocenters. The second-order valence-corrected chi connectivity index (χ2v) is 7.63. The van der Waals surface area contributed by atoms with Gasteiger partial charge < -0.3 is 9.67 Å². The van der Waals surface area contributed by atoms with E-state index in [4.69, 9.17) is 5.11 Å². The predicted molar refractivity (Wildman–Crippen MR) is 124 cm³/mol. The highest BCUT2D eigenvalue weighted by Gasteiger charge is 2.14. The van der Waals surface area contributed by atoms with Gasteiger partial charge in [-0.25, -0.2) is 0 Å². The fraction of sp³-hybridized carbons (Fsp3) is 0.148. The molecule has 0 bridgehead atoms. The van der Waals surface area contributed by atoms with E-state index in [1.807, 2.05) is 84.5 Å². The minimum absolute atomic E-state index is 0.0197. The van der Waals surface area contributed by atoms with E-state index in [0.717, 1.165) is 27.6 Å². The van der Waals surface area contributed by atoms with Crippen LogP contribution in [0.25, 0.3) is 10.9 Å². The summed E-state index contributed by atoms with van der Waals surface area (Å²) in [4.78, 5) is 28.3. The van der Waals surface area contributed by atoms with Crippen LogP contribution in [0.15, 0.2) is 73.1 Å². The first kappa shape index (κ1) is 21.1. The van der Waals surface area contributed by atoms with Crippen LogP contribution in [0.3, 0.4) is 0 Å². The van der Waals surface area contributed by atoms with Gasteiger partial charge in [0.15, 0.2) is 0 Å². The molecule has 1 N–H and O–H groups in total. The number of rotatable bonds is 6. The van der Waals surface area contributed by atoms with Crippen molar-refractivity contribution in [2.75, 3.05) is 0 Å². The van der Waals surface area contributed by atoms with Crippen LogP contribution >= 0.6 is 0 Å². The molecule has 0 spiro atoms. The highest BCUT2D eigenvalue weighted by atomic mass is 16.4. The lowest BCUT2D eigenvalue weighted by Gasteiger charge is -2.10. The minimum Gasteiger partial charge on any atom is -0.481 e. The van der Waals surface area contributed by atoms with E-state index in [-0.39, 0.29) is 12.2 Å². The van der Waals surface area contributed by atoms with Crippen LogP contribution in [0.5, 0.6) is 0 Å². The minimum atomic E-state index is -0.858. The monoisotopic (exact) mass is 422 g/mol. The van der Waals surface area contributed by atoms with Crippen molar-refractivity contribution in [1.29, 1.82) is 0 Å². The number of ketones is 1. The van der Waals surface area contributed by atoms with E-state index in [9.17, 15) is 9.59 Å². The zero-order valence-electron chi connectivity index (χ0n) is 17.7. The lowest BCUT2D eigenvalue weighted by molar-refractivity contribution is -0.136. The lowest BCUT2D eigenvalue weighted by atomic mass is 10.1. The van der Waals surface area contributed by atoms with E-state index in [2.05, 4.69) is 16.8 Å². The number of aryl methyl sites for hydroxylation is 1. The summed E-state index contributed by atoms with van der Waals surface area (Å²) in [5.74, 6) is 5.12. The van der Waals surface area contributed by atoms with Crippen LogP contribution in [-0.2, 0) is 11.3 Å². The van der Waals surface area contributed by atoms with Crippen LogP contribution in [-0.4, -0.2) is 26.4 Å². The van der Waals surface area contributed by atoms with Gasteiger partial charge in [0.2, 0.25) is 5.78 Å². The maximum atomic E-state index is 13.0. The summed E-state index contributed by atoms with van der Waals surface area (Å²) in [5, 5.41) is 9.69. The third-order valence-corrected chi connectivity index (χ3v) is 5.20. The molecule has 0 aliphatic heterocycles. The molecule has 0 aliphatic carbocycles. The van der Waals surface area contributed by atoms with E-state index < -0.39 is 5.97 Å². The number of fused-ring (bicyclic) bond motifs is 1. The van der Waals surface area contributed by atoms with Gasteiger partial charge >= 0.3 is 5.97 Å². The predicted octanol–water partition coefficient (Wildman–Crippen LogP) is 4.84. The molecule has 2 aromatic heterocycles. The maximum Gasteiger partial charge on any atom is 0.304 e. The number of carboxylic acids is 1. The van der Waals surface area contributed by atoms with Crippen molar-refractivity contribution < 1.29 is 14.7 Å². The quantitative estimate of drug-likeness (QED) is 0.356. The third kappa shape index (κ3) is 4.76. The number of carboxylic acid groups (broad SMARTS) is 1. The Balaban J connectivity index is 1.61. The molecule has 32 heavy (non-hydrogen) atoms. The Morgan fingerprint density at radius 2 is 1.88 bits per heavy atom. The summed E-state index contributed by atoms with van der Waals surface area (Å²) in [5.41, 5.74) is 4.97. The normalized spacial score (nSPS) is 10.5. The third-order valence-electron chi connectivity index (χ3n) is 5.20. The number of aliphatic carboxylic acids is 1. The number of carbonyl (C=O) groups is 2. The summed E-state index contributed by atoms with van der Waals surface area (Å²) in [6, 6.07) is 19.0. The lowest BCUT2D eigenvalue weighted by Crippen LogP contribution is -2.10. The van der Waals surface area contributed by atoms with Crippen molar-refractivity contribution in [3.63, 3.8) is 0 Å². The van der Waals surface area contributed by atoms with Crippen molar-refractivity contribution in [3.05, 3.63) is 101 Å². The number of pyridine rings is 1. The highest BCUT2D eigenvalue weighted by Crippen LogP contribution is 2.20. The molecule has 0 fully saturated rings. The first-order valence-electron chi connectivity index (χ1n) is 10.4. The molecule has 0 unspecified atom stereocenters. The second-order valence-electron chi connectivity index (χ2n) is 7.63. The fourth-order valence-electron chi connectivity index (χ4n) is 3.52. The van der Waals surface area contributed by atoms with Gasteiger partial charge in [0.25, 0.3) is 0 Å². The summed E-state index contributed by atoms with van der Waals surface area (Å²) >= 11 is 0. The molecule has 2 aromatic carbocycles. The Hall–Kier alpha value is -4.17. The first-order valence-corrected chi connectivity index (χ1v) is 10.4. The molecular weight excluding hydrogens is 400 g/mol. The van der Waals surface area contributed by atoms with Crippen molar-refractivity contribution in [3.8, 4) is 11.8 Å². The van der Waals surface area contributed by atoms with E-state index in [0.29, 0.717) is 24.2 Å². The summed E-state index contributed by atoms with van der Waals surface area (Å²) in [6.07, 6.45) is 4.02. The summed E-state index contributed by atoms with van der Waals surface area (Å²) in [7, 11) is 0. The van der Waals surface area contributed by atoms with Crippen LogP contribution < -0.4 is 0 Å². The van der Waals surface area contributed by atoms with Gasteiger partial charge in [0.05, 0.1) is 17.6 Å². The molecule has 158 valence electrons. The number of carbonyl (C=O) groups excluding carboxylic acids is 1. The zero-order chi connectivity index (χ0) is 22.5. The molecule has 0 saturated carbocycles. The van der Waals surface area contributed by atoms with Gasteiger partial charge in [-0.3, -0.25) is 14.6 Å². The standard InChI is InChI=1S/C27H22N2O3/c1-19-11-13-22(14-12-19)27(32)25-9-5-15-29(25)18-20-16-23-21(6-2-3-10-26(30)31)7-4-8-24(23)28-17-20/h4-5,7-9,11-17H,3,10,18H2,1H3,(H,30,31). The van der Waals surface area contributed by atoms with E-state index >= 15 is 0 Å². The molecule has 0 saturated heterocycles. The molecule has 2 heterocycles. The number of hydrogen-bond acceptors (Lipinski definition) is 3. The largest absolute Gasteiger partial charge is 0.481 e. The van der Waals surface area contributed by atoms with Crippen molar-refractivity contribution >= 4 is 22.7 Å². The van der Waals surface area contributed by atoms with E-state index in [1.165, 1.54) is 0 Å². The van der Waals surface area contributed by atoms with Gasteiger partial charge in [-0.15, -0.1) is 0 Å². The van der Waals surface area contributed by atoms with Gasteiger partial charge in [-0.05, 0) is 42.8 Å². The van der Waals surface area contributed by atoms with Crippen LogP contribution in [0.4, 0.5) is 0 Å². The van der Waals surface area contributed by atoms with Crippen LogP contribution in [0.2, 0.25) is 0 Å². The highest BCUT2D eigenvalue weighted by molar-refractivity contribution is 6.08. The zero-order valence-corrected chi connectivity index (χ0v) is 17.7. The summed E-state index contributed by atoms with van der Waals surface area (Å²) < 4.78 is 1.92. The topological polar surface area (TPSA) is 72.2 Å². The average molecular weight is 422 g/mol. The molecule has 4 aromatic rings. The van der Waals surface area contributed by atoms with E-state index in [1.54, 1.807) is 0 Å². The number of aromatic nitrogens is 2. The Labute approximate surface area is 186 Å². The van der Waals surface area contributed by atoms with Gasteiger partial charge in [0.1, 0.15) is 0 Å². The molecule has 5 nitrogen and oxygen atoms in total. The molecular formula is C27H22N2O3. The van der Waals surface area contributed by atoms with Crippen molar-refractivity contribution in [2.45, 2.75) is 26.3 Å². The van der Waals surface area contributed by atoms with Crippen molar-refractivity contribution in [1.82, 2.24) is 9.55 Å². The molecule has 0 amide bonds. The van der Waals surface area contributed by atoms with Crippen LogP contribution in [0.1, 0.15) is 45.6 Å². The SMILES string of the molecule is Cc1ccc(C(=O)c2cccn2Cc2cnc3cccc(C#CCCC(=O)O)c3c2)cc1. The van der Waals surface area contributed by atoms with Gasteiger partial charge in [-0.1, -0.05) is 47.7 Å². The van der Waals surface area contributed by atoms with Gasteiger partial charge in [0, 0.05) is 41.9 Å². The average Bonchev–Trinajstić information content (AvgIpc) is 3.25. The first-order chi connectivity index (χ1) is 15.5. The van der Waals surface area contributed by atoms with Crippen LogP contribution in [0, 0.1) is 18.8 Å². The summed E-state index contributed by atoms with van der Waals surface area (Å²) in [6.45, 7) is 2.50. The molecule has 4 rings (SSSR count). The number of benzene rings is 2. The fourth-order valence-corrected chi connectivity index (χ4v) is 3.52. The smallest absolute Gasteiger partial charge is 0.304 e. The molecule has 5 heteroatoms. The second kappa shape index (κ2) is 9.32.